The molecule has 21 heavy (non-hydrogen) atoms. The fourth-order valence-corrected chi connectivity index (χ4v) is 3.14. The van der Waals surface area contributed by atoms with Crippen molar-refractivity contribution in [3.8, 4) is 0 Å². The molecule has 4 heteroatoms. The summed E-state index contributed by atoms with van der Waals surface area (Å²) in [4.78, 5) is 14.7. The lowest BCUT2D eigenvalue weighted by atomic mass is 10.1. The van der Waals surface area contributed by atoms with Gasteiger partial charge in [0.15, 0.2) is 0 Å². The molecule has 114 valence electrons. The Morgan fingerprint density at radius 3 is 2.86 bits per heavy atom. The summed E-state index contributed by atoms with van der Waals surface area (Å²) in [5.41, 5.74) is 2.17. The van der Waals surface area contributed by atoms with E-state index >= 15 is 0 Å². The zero-order chi connectivity index (χ0) is 14.9. The number of rotatable bonds is 6. The van der Waals surface area contributed by atoms with Gasteiger partial charge in [0.1, 0.15) is 11.7 Å². The number of amides is 1. The van der Waals surface area contributed by atoms with Gasteiger partial charge in [-0.25, -0.2) is 0 Å². The number of ether oxygens (including phenoxy) is 1. The fourth-order valence-electron chi connectivity index (χ4n) is 3.14. The highest BCUT2D eigenvalue weighted by Gasteiger charge is 2.59. The van der Waals surface area contributed by atoms with Gasteiger partial charge in [0.2, 0.25) is 5.91 Å². The van der Waals surface area contributed by atoms with Gasteiger partial charge in [-0.3, -0.25) is 10.1 Å². The quantitative estimate of drug-likeness (QED) is 0.817. The van der Waals surface area contributed by atoms with Crippen molar-refractivity contribution >= 4 is 5.91 Å². The first-order chi connectivity index (χ1) is 10.2. The highest BCUT2D eigenvalue weighted by molar-refractivity contribution is 5.92. The third-order valence-corrected chi connectivity index (χ3v) is 4.50. The summed E-state index contributed by atoms with van der Waals surface area (Å²) in [6.45, 7) is 3.65. The van der Waals surface area contributed by atoms with Crippen LogP contribution in [-0.4, -0.2) is 36.6 Å². The van der Waals surface area contributed by atoms with Crippen molar-refractivity contribution in [3.05, 3.63) is 35.4 Å². The Labute approximate surface area is 126 Å². The summed E-state index contributed by atoms with van der Waals surface area (Å²) >= 11 is 0. The first-order valence-corrected chi connectivity index (χ1v) is 7.80. The van der Waals surface area contributed by atoms with Gasteiger partial charge in [0, 0.05) is 20.3 Å². The molecule has 1 aromatic rings. The second-order valence-electron chi connectivity index (χ2n) is 6.24. The number of hydrogen-bond acceptors (Lipinski definition) is 3. The fraction of sp³-hybridized carbons (Fsp3) is 0.588. The van der Waals surface area contributed by atoms with Gasteiger partial charge in [-0.1, -0.05) is 29.8 Å². The average Bonchev–Trinajstić information content (AvgIpc) is 3.20. The lowest BCUT2D eigenvalue weighted by Crippen LogP contribution is -2.33. The molecule has 1 unspecified atom stereocenters. The maximum absolute atomic E-state index is 12.7. The van der Waals surface area contributed by atoms with Gasteiger partial charge in [-0.15, -0.1) is 0 Å². The monoisotopic (exact) mass is 288 g/mol. The maximum Gasteiger partial charge on any atom is 0.244 e. The van der Waals surface area contributed by atoms with Crippen molar-refractivity contribution < 1.29 is 9.53 Å². The molecule has 2 aliphatic rings. The Hall–Kier alpha value is -1.39. The van der Waals surface area contributed by atoms with Gasteiger partial charge in [-0.2, -0.15) is 0 Å². The van der Waals surface area contributed by atoms with E-state index in [1.807, 2.05) is 4.90 Å². The van der Waals surface area contributed by atoms with Crippen LogP contribution in [0, 0.1) is 6.92 Å². The molecule has 0 radical (unpaired) electrons. The highest BCUT2D eigenvalue weighted by Crippen LogP contribution is 2.46. The number of unbranched alkanes of at least 4 members (excludes halogenated alkanes) is 1. The standard InChI is InChI=1S/C17H24N2O2/c1-13-6-5-7-14(12-13)15-18-17(8-9-17)16(20)19(15)10-3-4-11-21-2/h5-7,12,15,18H,3-4,8-11H2,1-2H3. The van der Waals surface area contributed by atoms with E-state index in [9.17, 15) is 4.79 Å². The molecule has 0 aromatic heterocycles. The van der Waals surface area contributed by atoms with Crippen LogP contribution in [0.4, 0.5) is 0 Å². The normalized spacial score (nSPS) is 23.0. The van der Waals surface area contributed by atoms with E-state index in [-0.39, 0.29) is 17.6 Å². The van der Waals surface area contributed by atoms with E-state index in [1.54, 1.807) is 7.11 Å². The van der Waals surface area contributed by atoms with Crippen molar-refractivity contribution in [1.82, 2.24) is 10.2 Å². The number of nitrogens with zero attached hydrogens (tertiary/aromatic N) is 1. The number of carbonyl (C=O) groups excluding carboxylic acids is 1. The van der Waals surface area contributed by atoms with Crippen molar-refractivity contribution in [1.29, 1.82) is 0 Å². The molecule has 1 spiro atoms. The molecule has 1 amide bonds. The highest BCUT2D eigenvalue weighted by atomic mass is 16.5. The molecule has 2 fully saturated rings. The summed E-state index contributed by atoms with van der Waals surface area (Å²) < 4.78 is 5.09. The number of hydrogen-bond donors (Lipinski definition) is 1. The average molecular weight is 288 g/mol. The van der Waals surface area contributed by atoms with Crippen molar-refractivity contribution in [2.24, 2.45) is 0 Å². The number of aryl methyl sites for hydroxylation is 1. The molecular formula is C17H24N2O2. The molecule has 1 atom stereocenters. The minimum atomic E-state index is -0.254. The molecule has 3 rings (SSSR count). The second-order valence-corrected chi connectivity index (χ2v) is 6.24. The van der Waals surface area contributed by atoms with Gasteiger partial charge >= 0.3 is 0 Å². The molecule has 4 nitrogen and oxygen atoms in total. The molecule has 1 saturated carbocycles. The summed E-state index contributed by atoms with van der Waals surface area (Å²) in [6, 6.07) is 8.45. The molecule has 1 saturated heterocycles. The van der Waals surface area contributed by atoms with Gasteiger partial charge in [0.25, 0.3) is 0 Å². The van der Waals surface area contributed by atoms with Gasteiger partial charge in [-0.05, 0) is 38.2 Å². The van der Waals surface area contributed by atoms with E-state index in [0.29, 0.717) is 0 Å². The topological polar surface area (TPSA) is 41.6 Å². The van der Waals surface area contributed by atoms with E-state index in [0.717, 1.165) is 38.8 Å². The Morgan fingerprint density at radius 2 is 2.19 bits per heavy atom. The Bertz CT molecular complexity index is 525. The summed E-state index contributed by atoms with van der Waals surface area (Å²) in [5.74, 6) is 0.284. The number of nitrogens with one attached hydrogen (secondary N) is 1. The summed E-state index contributed by atoms with van der Waals surface area (Å²) in [7, 11) is 1.72. The SMILES string of the molecule is COCCCCN1C(=O)C2(CC2)NC1c1cccc(C)c1. The Balaban J connectivity index is 1.75. The lowest BCUT2D eigenvalue weighted by molar-refractivity contribution is -0.131. The lowest BCUT2D eigenvalue weighted by Gasteiger charge is -2.24. The maximum atomic E-state index is 12.7. The van der Waals surface area contributed by atoms with E-state index in [2.05, 4.69) is 36.5 Å². The van der Waals surface area contributed by atoms with Crippen molar-refractivity contribution in [2.75, 3.05) is 20.3 Å². The summed E-state index contributed by atoms with van der Waals surface area (Å²) in [5, 5.41) is 3.57. The zero-order valence-corrected chi connectivity index (χ0v) is 12.9. The van der Waals surface area contributed by atoms with Crippen LogP contribution >= 0.6 is 0 Å². The number of carbonyl (C=O) groups is 1. The van der Waals surface area contributed by atoms with Crippen molar-refractivity contribution in [2.45, 2.75) is 44.3 Å². The van der Waals surface area contributed by atoms with Crippen LogP contribution < -0.4 is 5.32 Å². The smallest absolute Gasteiger partial charge is 0.244 e. The zero-order valence-electron chi connectivity index (χ0n) is 12.9. The minimum absolute atomic E-state index is 0.0300. The van der Waals surface area contributed by atoms with Crippen LogP contribution in [0.15, 0.2) is 24.3 Å². The predicted octanol–water partition coefficient (Wildman–Crippen LogP) is 2.38. The van der Waals surface area contributed by atoms with Crippen LogP contribution in [0.5, 0.6) is 0 Å². The van der Waals surface area contributed by atoms with Crippen LogP contribution in [0.25, 0.3) is 0 Å². The van der Waals surface area contributed by atoms with E-state index in [1.165, 1.54) is 11.1 Å². The van der Waals surface area contributed by atoms with Gasteiger partial charge < -0.3 is 9.64 Å². The Kier molecular flexibility index (Phi) is 4.00. The van der Waals surface area contributed by atoms with Crippen LogP contribution in [0.1, 0.15) is 43.0 Å². The molecular weight excluding hydrogens is 264 g/mol. The molecule has 1 aliphatic heterocycles. The number of benzene rings is 1. The second kappa shape index (κ2) is 5.78. The van der Waals surface area contributed by atoms with Crippen LogP contribution in [0.2, 0.25) is 0 Å². The minimum Gasteiger partial charge on any atom is -0.385 e. The first-order valence-electron chi connectivity index (χ1n) is 7.80. The van der Waals surface area contributed by atoms with Crippen LogP contribution in [0.3, 0.4) is 0 Å². The first kappa shape index (κ1) is 14.5. The van der Waals surface area contributed by atoms with Gasteiger partial charge in [0.05, 0.1) is 0 Å². The molecule has 1 aromatic carbocycles. The third kappa shape index (κ3) is 2.83. The largest absolute Gasteiger partial charge is 0.385 e. The molecule has 1 heterocycles. The molecule has 1 aliphatic carbocycles. The predicted molar refractivity (Wildman–Crippen MR) is 81.8 cm³/mol. The summed E-state index contributed by atoms with van der Waals surface area (Å²) in [6.07, 6.45) is 3.96. The Morgan fingerprint density at radius 1 is 1.38 bits per heavy atom. The third-order valence-electron chi connectivity index (χ3n) is 4.50. The molecule has 1 N–H and O–H groups in total. The van der Waals surface area contributed by atoms with E-state index in [4.69, 9.17) is 4.74 Å². The number of methoxy groups -OCH3 is 1. The molecule has 0 bridgehead atoms. The van der Waals surface area contributed by atoms with Crippen molar-refractivity contribution in [3.63, 3.8) is 0 Å². The van der Waals surface area contributed by atoms with Crippen LogP contribution in [-0.2, 0) is 9.53 Å². The van der Waals surface area contributed by atoms with E-state index < -0.39 is 0 Å².